The first kappa shape index (κ1) is 10.6. The fraction of sp³-hybridized carbons (Fsp3) is 0.500. The zero-order chi connectivity index (χ0) is 12.3. The topological polar surface area (TPSA) is 6.48 Å². The van der Waals surface area contributed by atoms with E-state index in [1.54, 1.807) is 11.1 Å². The monoisotopic (exact) mass is 240 g/mol. The van der Waals surface area contributed by atoms with Crippen molar-refractivity contribution in [2.24, 2.45) is 0 Å². The predicted octanol–water partition coefficient (Wildman–Crippen LogP) is 2.58. The van der Waals surface area contributed by atoms with E-state index in [1.165, 1.54) is 18.7 Å². The normalized spacial score (nSPS) is 33.4. The molecule has 0 amide bonds. The van der Waals surface area contributed by atoms with Crippen molar-refractivity contribution in [1.82, 2.24) is 4.90 Å². The van der Waals surface area contributed by atoms with Gasteiger partial charge in [0.25, 0.3) is 0 Å². The van der Waals surface area contributed by atoms with Gasteiger partial charge in [-0.2, -0.15) is 0 Å². The molecular weight excluding hydrogens is 220 g/mol. The molecular formula is C16H20N2. The van der Waals surface area contributed by atoms with Gasteiger partial charge in [-0.1, -0.05) is 24.3 Å². The first-order valence-electron chi connectivity index (χ1n) is 6.96. The summed E-state index contributed by atoms with van der Waals surface area (Å²) in [5.41, 5.74) is 4.69. The van der Waals surface area contributed by atoms with Crippen molar-refractivity contribution in [2.45, 2.75) is 24.3 Å². The van der Waals surface area contributed by atoms with E-state index in [0.717, 1.165) is 12.5 Å². The zero-order valence-corrected chi connectivity index (χ0v) is 11.1. The molecule has 0 aromatic heterocycles. The Morgan fingerprint density at radius 3 is 3.00 bits per heavy atom. The van der Waals surface area contributed by atoms with Crippen molar-refractivity contribution in [3.63, 3.8) is 0 Å². The number of rotatable bonds is 0. The van der Waals surface area contributed by atoms with Crippen molar-refractivity contribution < 1.29 is 0 Å². The molecule has 2 heterocycles. The summed E-state index contributed by atoms with van der Waals surface area (Å²) >= 11 is 0. The maximum absolute atomic E-state index is 2.53. The third-order valence-corrected chi connectivity index (χ3v) is 5.03. The van der Waals surface area contributed by atoms with Gasteiger partial charge >= 0.3 is 0 Å². The highest BCUT2D eigenvalue weighted by atomic mass is 15.2. The highest BCUT2D eigenvalue weighted by Crippen LogP contribution is 2.49. The van der Waals surface area contributed by atoms with Crippen molar-refractivity contribution in [2.75, 3.05) is 32.1 Å². The molecule has 0 saturated heterocycles. The van der Waals surface area contributed by atoms with Gasteiger partial charge in [-0.05, 0) is 30.7 Å². The zero-order valence-electron chi connectivity index (χ0n) is 11.1. The van der Waals surface area contributed by atoms with Gasteiger partial charge in [-0.15, -0.1) is 0 Å². The Kier molecular flexibility index (Phi) is 2.13. The molecule has 3 aliphatic rings. The van der Waals surface area contributed by atoms with E-state index in [1.807, 2.05) is 0 Å². The fourth-order valence-corrected chi connectivity index (χ4v) is 4.19. The van der Waals surface area contributed by atoms with Crippen LogP contribution in [0.15, 0.2) is 30.4 Å². The summed E-state index contributed by atoms with van der Waals surface area (Å²) in [5.74, 6) is 1.36. The smallest absolute Gasteiger partial charge is 0.0402 e. The second-order valence-corrected chi connectivity index (χ2v) is 6.05. The SMILES string of the molecule is CN1C[C@H]2C[C@H]3[C@H](C=CCN3C)c3cccc1c32. The summed E-state index contributed by atoms with van der Waals surface area (Å²) < 4.78 is 0. The second-order valence-electron chi connectivity index (χ2n) is 6.05. The highest BCUT2D eigenvalue weighted by Gasteiger charge is 2.41. The lowest BCUT2D eigenvalue weighted by atomic mass is 9.72. The van der Waals surface area contributed by atoms with Crippen molar-refractivity contribution >= 4 is 5.69 Å². The van der Waals surface area contributed by atoms with E-state index in [-0.39, 0.29) is 0 Å². The lowest BCUT2D eigenvalue weighted by Crippen LogP contribution is -2.42. The quantitative estimate of drug-likeness (QED) is 0.643. The molecule has 1 aromatic rings. The molecule has 2 aliphatic heterocycles. The Balaban J connectivity index is 1.90. The van der Waals surface area contributed by atoms with Crippen LogP contribution >= 0.6 is 0 Å². The van der Waals surface area contributed by atoms with Crippen LogP contribution in [-0.2, 0) is 0 Å². The Hall–Kier alpha value is -1.28. The molecule has 0 unspecified atom stereocenters. The molecule has 2 nitrogen and oxygen atoms in total. The third kappa shape index (κ3) is 1.27. The molecule has 0 N–H and O–H groups in total. The molecule has 0 spiro atoms. The average Bonchev–Trinajstić information content (AvgIpc) is 2.70. The molecule has 4 rings (SSSR count). The molecule has 18 heavy (non-hydrogen) atoms. The van der Waals surface area contributed by atoms with Crippen LogP contribution in [0.4, 0.5) is 5.69 Å². The number of nitrogens with zero attached hydrogens (tertiary/aromatic N) is 2. The summed E-state index contributed by atoms with van der Waals surface area (Å²) in [7, 11) is 4.51. The molecule has 3 atom stereocenters. The molecule has 0 saturated carbocycles. The van der Waals surface area contributed by atoms with E-state index < -0.39 is 0 Å². The summed E-state index contributed by atoms with van der Waals surface area (Å²) in [6, 6.07) is 7.58. The molecule has 94 valence electrons. The number of benzene rings is 1. The van der Waals surface area contributed by atoms with Gasteiger partial charge < -0.3 is 4.90 Å². The Bertz CT molecular complexity index is 520. The van der Waals surface area contributed by atoms with Crippen LogP contribution in [0.1, 0.15) is 29.4 Å². The second kappa shape index (κ2) is 3.61. The standard InChI is InChI=1S/C16H20N2/c1-17-8-4-6-12-13-5-3-7-14-16(13)11(9-15(12)17)10-18(14)2/h3-7,11-12,15H,8-10H2,1-2H3/t11-,12-,15+/m1/s1. The van der Waals surface area contributed by atoms with Crippen LogP contribution in [0.5, 0.6) is 0 Å². The van der Waals surface area contributed by atoms with Gasteiger partial charge in [0.15, 0.2) is 0 Å². The Labute approximate surface area is 109 Å². The lowest BCUT2D eigenvalue weighted by molar-refractivity contribution is 0.204. The van der Waals surface area contributed by atoms with E-state index in [4.69, 9.17) is 0 Å². The van der Waals surface area contributed by atoms with Crippen molar-refractivity contribution in [3.05, 3.63) is 41.5 Å². The predicted molar refractivity (Wildman–Crippen MR) is 75.4 cm³/mol. The Morgan fingerprint density at radius 1 is 1.22 bits per heavy atom. The Morgan fingerprint density at radius 2 is 2.11 bits per heavy atom. The highest BCUT2D eigenvalue weighted by molar-refractivity contribution is 5.65. The minimum absolute atomic E-state index is 0.612. The van der Waals surface area contributed by atoms with Crippen LogP contribution in [0, 0.1) is 0 Å². The van der Waals surface area contributed by atoms with Crippen LogP contribution < -0.4 is 4.90 Å². The minimum atomic E-state index is 0.612. The van der Waals surface area contributed by atoms with Gasteiger partial charge in [-0.25, -0.2) is 0 Å². The summed E-state index contributed by atoms with van der Waals surface area (Å²) in [6.45, 7) is 2.31. The molecule has 1 aliphatic carbocycles. The summed E-state index contributed by atoms with van der Waals surface area (Å²) in [4.78, 5) is 4.96. The first-order chi connectivity index (χ1) is 8.75. The first-order valence-corrected chi connectivity index (χ1v) is 6.96. The number of anilines is 1. The molecule has 2 heteroatoms. The molecule has 0 bridgehead atoms. The van der Waals surface area contributed by atoms with Gasteiger partial charge in [0.1, 0.15) is 0 Å². The maximum atomic E-state index is 2.53. The summed E-state index contributed by atoms with van der Waals surface area (Å²) in [6.07, 6.45) is 6.09. The van der Waals surface area contributed by atoms with E-state index >= 15 is 0 Å². The third-order valence-electron chi connectivity index (χ3n) is 5.03. The fourth-order valence-electron chi connectivity index (χ4n) is 4.19. The number of hydrogen-bond donors (Lipinski definition) is 0. The van der Waals surface area contributed by atoms with Crippen LogP contribution in [0.2, 0.25) is 0 Å². The van der Waals surface area contributed by atoms with Gasteiger partial charge in [0.05, 0.1) is 0 Å². The van der Waals surface area contributed by atoms with Crippen LogP contribution in [-0.4, -0.2) is 38.1 Å². The number of likely N-dealkylation sites (N-methyl/N-ethyl adjacent to an activating group) is 2. The van der Waals surface area contributed by atoms with Crippen LogP contribution in [0.25, 0.3) is 0 Å². The lowest BCUT2D eigenvalue weighted by Gasteiger charge is -2.42. The van der Waals surface area contributed by atoms with Gasteiger partial charge in [0.2, 0.25) is 0 Å². The van der Waals surface area contributed by atoms with E-state index in [2.05, 4.69) is 54.2 Å². The summed E-state index contributed by atoms with van der Waals surface area (Å²) in [5, 5.41) is 0. The van der Waals surface area contributed by atoms with Crippen LogP contribution in [0.3, 0.4) is 0 Å². The number of hydrogen-bond acceptors (Lipinski definition) is 2. The molecule has 0 radical (unpaired) electrons. The molecule has 1 aromatic carbocycles. The van der Waals surface area contributed by atoms with E-state index in [9.17, 15) is 0 Å². The van der Waals surface area contributed by atoms with Gasteiger partial charge in [-0.3, -0.25) is 4.90 Å². The largest absolute Gasteiger partial charge is 0.374 e. The number of fused-ring (bicyclic) bond motifs is 2. The average molecular weight is 240 g/mol. The van der Waals surface area contributed by atoms with Gasteiger partial charge in [0, 0.05) is 43.7 Å². The van der Waals surface area contributed by atoms with Crippen molar-refractivity contribution in [1.29, 1.82) is 0 Å². The van der Waals surface area contributed by atoms with E-state index in [0.29, 0.717) is 12.0 Å². The minimum Gasteiger partial charge on any atom is -0.374 e. The maximum Gasteiger partial charge on any atom is 0.0402 e. The molecule has 0 fully saturated rings. The van der Waals surface area contributed by atoms with Crippen molar-refractivity contribution in [3.8, 4) is 0 Å².